The molecule has 5 heteroatoms. The van der Waals surface area contributed by atoms with E-state index >= 15 is 0 Å². The summed E-state index contributed by atoms with van der Waals surface area (Å²) in [5.74, 6) is -1.18. The van der Waals surface area contributed by atoms with Crippen LogP contribution in [0.4, 0.5) is 0 Å². The fourth-order valence-corrected chi connectivity index (χ4v) is 2.74. The highest BCUT2D eigenvalue weighted by Gasteiger charge is 2.65. The molecule has 2 atom stereocenters. The average Bonchev–Trinajstić information content (AvgIpc) is 3.28. The van der Waals surface area contributed by atoms with Gasteiger partial charge in [-0.05, 0) is 42.4 Å². The Hall–Kier alpha value is -1.55. The summed E-state index contributed by atoms with van der Waals surface area (Å²) in [4.78, 5) is 23.3. The lowest BCUT2D eigenvalue weighted by Crippen LogP contribution is -2.35. The van der Waals surface area contributed by atoms with Crippen molar-refractivity contribution in [1.82, 2.24) is 5.32 Å². The highest BCUT2D eigenvalue weighted by Crippen LogP contribution is 2.70. The Kier molecular flexibility index (Phi) is 2.78. The van der Waals surface area contributed by atoms with Gasteiger partial charge in [0, 0.05) is 10.9 Å². The predicted molar refractivity (Wildman–Crippen MR) is 69.7 cm³/mol. The van der Waals surface area contributed by atoms with Crippen LogP contribution in [0.3, 0.4) is 0 Å². The van der Waals surface area contributed by atoms with E-state index < -0.39 is 12.0 Å². The number of rotatable bonds is 4. The van der Waals surface area contributed by atoms with Gasteiger partial charge in [-0.1, -0.05) is 23.7 Å². The van der Waals surface area contributed by atoms with Crippen LogP contribution in [0.25, 0.3) is 0 Å². The number of benzene rings is 1. The minimum Gasteiger partial charge on any atom is -0.479 e. The molecule has 0 aromatic heterocycles. The molecule has 3 rings (SSSR count). The Morgan fingerprint density at radius 1 is 1.32 bits per heavy atom. The van der Waals surface area contributed by atoms with Gasteiger partial charge in [-0.25, -0.2) is 4.79 Å². The highest BCUT2D eigenvalue weighted by atomic mass is 35.5. The lowest BCUT2D eigenvalue weighted by molar-refractivity contribution is -0.142. The van der Waals surface area contributed by atoms with Crippen LogP contribution in [0.15, 0.2) is 24.3 Å². The molecule has 1 aromatic rings. The zero-order valence-corrected chi connectivity index (χ0v) is 11.0. The average molecular weight is 280 g/mol. The van der Waals surface area contributed by atoms with Gasteiger partial charge in [-0.3, -0.25) is 4.79 Å². The van der Waals surface area contributed by atoms with Crippen LogP contribution in [0.5, 0.6) is 0 Å². The summed E-state index contributed by atoms with van der Waals surface area (Å²) >= 11 is 5.77. The molecule has 2 fully saturated rings. The Morgan fingerprint density at radius 3 is 2.42 bits per heavy atom. The number of carbonyl (C=O) groups excluding carboxylic acids is 1. The summed E-state index contributed by atoms with van der Waals surface area (Å²) in [7, 11) is 0. The molecule has 0 saturated heterocycles. The Balaban J connectivity index is 1.72. The topological polar surface area (TPSA) is 66.4 Å². The lowest BCUT2D eigenvalue weighted by atomic mass is 10.1. The smallest absolute Gasteiger partial charge is 0.330 e. The largest absolute Gasteiger partial charge is 0.479 e. The molecule has 4 nitrogen and oxygen atoms in total. The molecule has 2 aliphatic rings. The number of carbonyl (C=O) groups is 2. The molecular weight excluding hydrogens is 266 g/mol. The van der Waals surface area contributed by atoms with Crippen molar-refractivity contribution in [2.24, 2.45) is 11.3 Å². The Labute approximate surface area is 115 Å². The standard InChI is InChI=1S/C14H14ClNO3/c15-9-3-1-8(2-4-9)11(13(18)19)16-12(17)10-7-14(10)5-6-14/h1-4,10-11H,5-7H2,(H,16,17)(H,18,19). The minimum absolute atomic E-state index is 0.0154. The number of nitrogens with one attached hydrogen (secondary N) is 1. The van der Waals surface area contributed by atoms with Gasteiger partial charge in [0.2, 0.25) is 5.91 Å². The fraction of sp³-hybridized carbons (Fsp3) is 0.429. The van der Waals surface area contributed by atoms with Gasteiger partial charge in [0.25, 0.3) is 0 Å². The number of halogens is 1. The van der Waals surface area contributed by atoms with Crippen molar-refractivity contribution in [2.75, 3.05) is 0 Å². The van der Waals surface area contributed by atoms with Crippen LogP contribution in [0, 0.1) is 11.3 Å². The van der Waals surface area contributed by atoms with Crippen LogP contribution in [0.1, 0.15) is 30.9 Å². The third-order valence-corrected chi connectivity index (χ3v) is 4.39. The van der Waals surface area contributed by atoms with Crippen LogP contribution >= 0.6 is 11.6 Å². The first-order chi connectivity index (χ1) is 9.02. The van der Waals surface area contributed by atoms with E-state index in [9.17, 15) is 14.7 Å². The van der Waals surface area contributed by atoms with Crippen molar-refractivity contribution < 1.29 is 14.7 Å². The van der Waals surface area contributed by atoms with Crippen LogP contribution in [0.2, 0.25) is 5.02 Å². The second-order valence-corrected chi connectivity index (χ2v) is 5.89. The van der Waals surface area contributed by atoms with E-state index in [1.807, 2.05) is 0 Å². The molecule has 0 radical (unpaired) electrons. The summed E-state index contributed by atoms with van der Waals surface area (Å²) < 4.78 is 0. The second-order valence-electron chi connectivity index (χ2n) is 5.45. The molecule has 100 valence electrons. The monoisotopic (exact) mass is 279 g/mol. The van der Waals surface area contributed by atoms with E-state index in [-0.39, 0.29) is 17.2 Å². The van der Waals surface area contributed by atoms with Crippen molar-refractivity contribution in [3.05, 3.63) is 34.9 Å². The van der Waals surface area contributed by atoms with Crippen molar-refractivity contribution in [1.29, 1.82) is 0 Å². The highest BCUT2D eigenvalue weighted by molar-refractivity contribution is 6.30. The minimum atomic E-state index is -1.05. The molecular formula is C14H14ClNO3. The zero-order valence-electron chi connectivity index (χ0n) is 10.2. The maximum atomic E-state index is 12.0. The number of carboxylic acid groups (broad SMARTS) is 1. The van der Waals surface area contributed by atoms with Gasteiger partial charge in [-0.2, -0.15) is 0 Å². The molecule has 1 aromatic carbocycles. The molecule has 1 amide bonds. The van der Waals surface area contributed by atoms with Gasteiger partial charge in [-0.15, -0.1) is 0 Å². The molecule has 19 heavy (non-hydrogen) atoms. The molecule has 2 aliphatic carbocycles. The molecule has 0 heterocycles. The third-order valence-electron chi connectivity index (χ3n) is 4.14. The van der Waals surface area contributed by atoms with E-state index in [0.717, 1.165) is 19.3 Å². The van der Waals surface area contributed by atoms with Crippen LogP contribution in [-0.4, -0.2) is 17.0 Å². The third kappa shape index (κ3) is 2.32. The second kappa shape index (κ2) is 4.23. The van der Waals surface area contributed by atoms with Crippen molar-refractivity contribution >= 4 is 23.5 Å². The van der Waals surface area contributed by atoms with Crippen molar-refractivity contribution in [3.63, 3.8) is 0 Å². The number of carboxylic acids is 1. The Morgan fingerprint density at radius 2 is 1.95 bits per heavy atom. The molecule has 2 saturated carbocycles. The summed E-state index contributed by atoms with van der Waals surface area (Å²) in [6.07, 6.45) is 3.11. The van der Waals surface area contributed by atoms with Crippen molar-refractivity contribution in [3.8, 4) is 0 Å². The predicted octanol–water partition coefficient (Wildman–Crippen LogP) is 2.38. The maximum Gasteiger partial charge on any atom is 0.330 e. The molecule has 2 N–H and O–H groups in total. The maximum absolute atomic E-state index is 12.0. The zero-order chi connectivity index (χ0) is 13.6. The molecule has 0 aliphatic heterocycles. The summed E-state index contributed by atoms with van der Waals surface area (Å²) in [6, 6.07) is 5.50. The van der Waals surface area contributed by atoms with E-state index in [0.29, 0.717) is 10.6 Å². The van der Waals surface area contributed by atoms with Gasteiger partial charge in [0.1, 0.15) is 0 Å². The summed E-state index contributed by atoms with van der Waals surface area (Å²) in [5, 5.41) is 12.4. The first kappa shape index (κ1) is 12.5. The van der Waals surface area contributed by atoms with Gasteiger partial charge >= 0.3 is 5.97 Å². The van der Waals surface area contributed by atoms with E-state index in [4.69, 9.17) is 11.6 Å². The number of hydrogen-bond donors (Lipinski definition) is 2. The van der Waals surface area contributed by atoms with Gasteiger partial charge < -0.3 is 10.4 Å². The number of amides is 1. The van der Waals surface area contributed by atoms with Gasteiger partial charge in [0.15, 0.2) is 6.04 Å². The quantitative estimate of drug-likeness (QED) is 0.889. The first-order valence-electron chi connectivity index (χ1n) is 6.30. The van der Waals surface area contributed by atoms with E-state index in [2.05, 4.69) is 5.32 Å². The van der Waals surface area contributed by atoms with Gasteiger partial charge in [0.05, 0.1) is 0 Å². The lowest BCUT2D eigenvalue weighted by Gasteiger charge is -2.15. The van der Waals surface area contributed by atoms with E-state index in [1.165, 1.54) is 0 Å². The van der Waals surface area contributed by atoms with Crippen LogP contribution in [-0.2, 0) is 9.59 Å². The van der Waals surface area contributed by atoms with Crippen LogP contribution < -0.4 is 5.32 Å². The normalized spacial score (nSPS) is 23.7. The molecule has 2 unspecified atom stereocenters. The first-order valence-corrected chi connectivity index (χ1v) is 6.68. The van der Waals surface area contributed by atoms with E-state index in [1.54, 1.807) is 24.3 Å². The van der Waals surface area contributed by atoms with Crippen molar-refractivity contribution in [2.45, 2.75) is 25.3 Å². The molecule has 1 spiro atoms. The number of aliphatic carboxylic acids is 1. The summed E-state index contributed by atoms with van der Waals surface area (Å²) in [5.41, 5.74) is 0.767. The summed E-state index contributed by atoms with van der Waals surface area (Å²) in [6.45, 7) is 0. The number of hydrogen-bond acceptors (Lipinski definition) is 2. The molecule has 0 bridgehead atoms. The Bertz CT molecular complexity index is 536. The fourth-order valence-electron chi connectivity index (χ4n) is 2.62. The SMILES string of the molecule is O=C(O)C(NC(=O)C1CC12CC2)c1ccc(Cl)cc1.